The quantitative estimate of drug-likeness (QED) is 0.709. The zero-order valence-corrected chi connectivity index (χ0v) is 18.6. The maximum Gasteiger partial charge on any atom is 0.0361 e. The second kappa shape index (κ2) is 13.2. The Hall–Kier alpha value is -0.970. The summed E-state index contributed by atoms with van der Waals surface area (Å²) >= 11 is 0. The third kappa shape index (κ3) is 8.28. The normalized spacial score (nSPS) is 14.4. The summed E-state index contributed by atoms with van der Waals surface area (Å²) < 4.78 is 0. The highest BCUT2D eigenvalue weighted by molar-refractivity contribution is 5.86. The molecule has 2 aromatic carbocycles. The monoisotopic (exact) mass is 431 g/mol. The minimum atomic E-state index is 0. The molecule has 27 heavy (non-hydrogen) atoms. The molecule has 0 unspecified atom stereocenters. The van der Waals surface area contributed by atoms with Crippen molar-refractivity contribution in [3.05, 3.63) is 65.7 Å². The van der Waals surface area contributed by atoms with E-state index in [0.29, 0.717) is 6.04 Å². The minimum Gasteiger partial charge on any atom is -0.378 e. The molecule has 3 nitrogen and oxygen atoms in total. The lowest BCUT2D eigenvalue weighted by atomic mass is 10.0. The van der Waals surface area contributed by atoms with Gasteiger partial charge in [-0.3, -0.25) is 4.90 Å². The van der Waals surface area contributed by atoms with Gasteiger partial charge in [-0.1, -0.05) is 42.5 Å². The third-order valence-corrected chi connectivity index (χ3v) is 4.88. The molecule has 2 aromatic rings. The van der Waals surface area contributed by atoms with Gasteiger partial charge < -0.3 is 10.2 Å². The first-order valence-corrected chi connectivity index (χ1v) is 8.96. The van der Waals surface area contributed by atoms with Gasteiger partial charge in [0.25, 0.3) is 0 Å². The molecule has 0 atom stereocenters. The maximum absolute atomic E-state index is 3.73. The van der Waals surface area contributed by atoms with Crippen molar-refractivity contribution in [1.82, 2.24) is 10.2 Å². The summed E-state index contributed by atoms with van der Waals surface area (Å²) in [4.78, 5) is 4.71. The fourth-order valence-electron chi connectivity index (χ4n) is 3.31. The summed E-state index contributed by atoms with van der Waals surface area (Å²) in [6, 6.07) is 20.3. The van der Waals surface area contributed by atoms with Crippen molar-refractivity contribution in [2.45, 2.75) is 32.0 Å². The first kappa shape index (κ1) is 26.0. The van der Waals surface area contributed by atoms with Crippen molar-refractivity contribution in [2.24, 2.45) is 0 Å². The highest BCUT2D eigenvalue weighted by atomic mass is 35.5. The predicted molar refractivity (Wildman–Crippen MR) is 124 cm³/mol. The van der Waals surface area contributed by atoms with Gasteiger partial charge in [0, 0.05) is 38.9 Å². The van der Waals surface area contributed by atoms with E-state index in [2.05, 4.69) is 83.8 Å². The molecule has 0 saturated carbocycles. The average molecular weight is 433 g/mol. The molecule has 0 aromatic heterocycles. The van der Waals surface area contributed by atoms with Crippen molar-refractivity contribution < 1.29 is 0 Å². The molecule has 1 heterocycles. The fourth-order valence-corrected chi connectivity index (χ4v) is 3.31. The van der Waals surface area contributed by atoms with Crippen LogP contribution in [-0.4, -0.2) is 38.1 Å². The molecule has 1 aliphatic heterocycles. The van der Waals surface area contributed by atoms with Gasteiger partial charge in [0.1, 0.15) is 0 Å². The summed E-state index contributed by atoms with van der Waals surface area (Å²) in [5.74, 6) is 0. The molecule has 1 saturated heterocycles. The van der Waals surface area contributed by atoms with Crippen molar-refractivity contribution in [3.8, 4) is 0 Å². The van der Waals surface area contributed by atoms with Crippen LogP contribution in [0.15, 0.2) is 54.6 Å². The number of nitrogens with zero attached hydrogens (tertiary/aromatic N) is 2. The van der Waals surface area contributed by atoms with E-state index in [1.165, 1.54) is 42.7 Å². The van der Waals surface area contributed by atoms with Crippen molar-refractivity contribution in [2.75, 3.05) is 32.1 Å². The van der Waals surface area contributed by atoms with Gasteiger partial charge in [-0.15, -0.1) is 37.2 Å². The topological polar surface area (TPSA) is 18.5 Å². The smallest absolute Gasteiger partial charge is 0.0361 e. The maximum atomic E-state index is 3.73. The SMILES string of the molecule is CN(C)c1ccc(CNC2CCN(Cc3ccccc3)CC2)cc1.Cl.Cl.Cl. The molecule has 152 valence electrons. The summed E-state index contributed by atoms with van der Waals surface area (Å²) in [6.07, 6.45) is 2.48. The van der Waals surface area contributed by atoms with Gasteiger partial charge in [0.05, 0.1) is 0 Å². The summed E-state index contributed by atoms with van der Waals surface area (Å²) in [7, 11) is 4.16. The van der Waals surface area contributed by atoms with Crippen molar-refractivity contribution >= 4 is 42.9 Å². The van der Waals surface area contributed by atoms with E-state index in [4.69, 9.17) is 0 Å². The Morgan fingerprint density at radius 2 is 1.44 bits per heavy atom. The number of benzene rings is 2. The van der Waals surface area contributed by atoms with Crippen LogP contribution in [0.2, 0.25) is 0 Å². The van der Waals surface area contributed by atoms with Gasteiger partial charge in [-0.25, -0.2) is 0 Å². The van der Waals surface area contributed by atoms with Crippen molar-refractivity contribution in [1.29, 1.82) is 0 Å². The number of likely N-dealkylation sites (tertiary alicyclic amines) is 1. The number of hydrogen-bond acceptors (Lipinski definition) is 3. The summed E-state index contributed by atoms with van der Waals surface area (Å²) in [5, 5.41) is 3.73. The summed E-state index contributed by atoms with van der Waals surface area (Å²) in [5.41, 5.74) is 4.05. The predicted octanol–water partition coefficient (Wildman–Crippen LogP) is 4.77. The Morgan fingerprint density at radius 3 is 2.00 bits per heavy atom. The van der Waals surface area contributed by atoms with Gasteiger partial charge in [-0.05, 0) is 49.2 Å². The number of piperidine rings is 1. The molecule has 0 radical (unpaired) electrons. The molecular formula is C21H32Cl3N3. The van der Waals surface area contributed by atoms with Gasteiger partial charge >= 0.3 is 0 Å². The lowest BCUT2D eigenvalue weighted by Crippen LogP contribution is -2.41. The van der Waals surface area contributed by atoms with E-state index >= 15 is 0 Å². The number of rotatable bonds is 6. The molecule has 6 heteroatoms. The summed E-state index contributed by atoms with van der Waals surface area (Å²) in [6.45, 7) is 4.43. The Kier molecular flexibility index (Phi) is 12.8. The van der Waals surface area contributed by atoms with E-state index in [-0.39, 0.29) is 37.2 Å². The lowest BCUT2D eigenvalue weighted by Gasteiger charge is -2.32. The molecule has 3 rings (SSSR count). The molecule has 1 N–H and O–H groups in total. The minimum absolute atomic E-state index is 0. The zero-order chi connectivity index (χ0) is 16.8. The molecule has 0 amide bonds. The second-order valence-corrected chi connectivity index (χ2v) is 6.98. The average Bonchev–Trinajstić information content (AvgIpc) is 2.62. The van der Waals surface area contributed by atoms with Crippen LogP contribution in [0.25, 0.3) is 0 Å². The van der Waals surface area contributed by atoms with Gasteiger partial charge in [-0.2, -0.15) is 0 Å². The lowest BCUT2D eigenvalue weighted by molar-refractivity contribution is 0.190. The van der Waals surface area contributed by atoms with E-state index in [0.717, 1.165) is 13.1 Å². The fraction of sp³-hybridized carbons (Fsp3) is 0.429. The van der Waals surface area contributed by atoms with Crippen LogP contribution in [0.1, 0.15) is 24.0 Å². The molecule has 1 aliphatic rings. The highest BCUT2D eigenvalue weighted by Crippen LogP contribution is 2.16. The standard InChI is InChI=1S/C21H29N3.3ClH/c1-23(2)21-10-8-18(9-11-21)16-22-20-12-14-24(15-13-20)17-19-6-4-3-5-7-19;;;/h3-11,20,22H,12-17H2,1-2H3;3*1H. The van der Waals surface area contributed by atoms with E-state index in [1.54, 1.807) is 0 Å². The second-order valence-electron chi connectivity index (χ2n) is 6.98. The Bertz CT molecular complexity index is 612. The van der Waals surface area contributed by atoms with Crippen LogP contribution in [0.3, 0.4) is 0 Å². The number of anilines is 1. The van der Waals surface area contributed by atoms with E-state index in [9.17, 15) is 0 Å². The van der Waals surface area contributed by atoms with Crippen molar-refractivity contribution in [3.63, 3.8) is 0 Å². The molecule has 0 aliphatic carbocycles. The van der Waals surface area contributed by atoms with Crippen LogP contribution < -0.4 is 10.2 Å². The third-order valence-electron chi connectivity index (χ3n) is 4.88. The van der Waals surface area contributed by atoms with Crippen LogP contribution in [0.4, 0.5) is 5.69 Å². The largest absolute Gasteiger partial charge is 0.378 e. The van der Waals surface area contributed by atoms with E-state index in [1.807, 2.05) is 0 Å². The van der Waals surface area contributed by atoms with Crippen LogP contribution in [0.5, 0.6) is 0 Å². The zero-order valence-electron chi connectivity index (χ0n) is 16.1. The number of nitrogens with one attached hydrogen (secondary N) is 1. The molecule has 1 fully saturated rings. The Labute approximate surface area is 182 Å². The molecule has 0 bridgehead atoms. The number of halogens is 3. The first-order valence-electron chi connectivity index (χ1n) is 8.96. The number of hydrogen-bond donors (Lipinski definition) is 1. The Morgan fingerprint density at radius 1 is 0.852 bits per heavy atom. The van der Waals surface area contributed by atoms with Crippen LogP contribution in [-0.2, 0) is 13.1 Å². The van der Waals surface area contributed by atoms with Crippen LogP contribution >= 0.6 is 37.2 Å². The van der Waals surface area contributed by atoms with Gasteiger partial charge in [0.15, 0.2) is 0 Å². The Balaban J connectivity index is 0.00000225. The molecule has 0 spiro atoms. The van der Waals surface area contributed by atoms with Crippen LogP contribution in [0, 0.1) is 0 Å². The molecular weight excluding hydrogens is 401 g/mol. The van der Waals surface area contributed by atoms with E-state index < -0.39 is 0 Å². The first-order chi connectivity index (χ1) is 11.7. The van der Waals surface area contributed by atoms with Gasteiger partial charge in [0.2, 0.25) is 0 Å². The highest BCUT2D eigenvalue weighted by Gasteiger charge is 2.18.